The molecule has 0 saturated heterocycles. The first-order chi connectivity index (χ1) is 6.33. The zero-order chi connectivity index (χ0) is 9.68. The molecule has 4 nitrogen and oxygen atoms in total. The standard InChI is InChI=1S/C9H15N3O/c1-3-5-9-8(7-13)10-11-12(9)6-4-2/h7H,3-6H2,1-2H3. The highest BCUT2D eigenvalue weighted by molar-refractivity contribution is 5.73. The molecule has 0 fully saturated rings. The van der Waals surface area contributed by atoms with E-state index in [4.69, 9.17) is 0 Å². The summed E-state index contributed by atoms with van der Waals surface area (Å²) in [5, 5.41) is 7.75. The predicted molar refractivity (Wildman–Crippen MR) is 49.7 cm³/mol. The van der Waals surface area contributed by atoms with Crippen molar-refractivity contribution in [3.63, 3.8) is 0 Å². The van der Waals surface area contributed by atoms with Crippen molar-refractivity contribution in [3.8, 4) is 0 Å². The molecule has 0 spiro atoms. The summed E-state index contributed by atoms with van der Waals surface area (Å²) in [6.45, 7) is 5.01. The number of aldehydes is 1. The molecule has 0 aliphatic heterocycles. The van der Waals surface area contributed by atoms with Gasteiger partial charge in [-0.3, -0.25) is 4.79 Å². The van der Waals surface area contributed by atoms with Gasteiger partial charge >= 0.3 is 0 Å². The molecule has 0 aliphatic rings. The van der Waals surface area contributed by atoms with E-state index in [2.05, 4.69) is 24.2 Å². The Kier molecular flexibility index (Phi) is 3.61. The molecular weight excluding hydrogens is 166 g/mol. The van der Waals surface area contributed by atoms with Gasteiger partial charge in [-0.15, -0.1) is 5.10 Å². The van der Waals surface area contributed by atoms with Crippen molar-refractivity contribution in [2.45, 2.75) is 39.7 Å². The number of carbonyl (C=O) groups excluding carboxylic acids is 1. The van der Waals surface area contributed by atoms with Gasteiger partial charge in [-0.25, -0.2) is 4.68 Å². The second kappa shape index (κ2) is 4.74. The highest BCUT2D eigenvalue weighted by Gasteiger charge is 2.09. The largest absolute Gasteiger partial charge is 0.296 e. The lowest BCUT2D eigenvalue weighted by Crippen LogP contribution is -2.05. The number of hydrogen-bond donors (Lipinski definition) is 0. The van der Waals surface area contributed by atoms with Crippen LogP contribution in [0.3, 0.4) is 0 Å². The zero-order valence-corrected chi connectivity index (χ0v) is 8.16. The number of aryl methyl sites for hydroxylation is 1. The van der Waals surface area contributed by atoms with E-state index in [1.165, 1.54) is 0 Å². The van der Waals surface area contributed by atoms with E-state index in [0.717, 1.165) is 37.8 Å². The van der Waals surface area contributed by atoms with Crippen LogP contribution in [0.5, 0.6) is 0 Å². The maximum atomic E-state index is 10.6. The molecule has 4 heteroatoms. The van der Waals surface area contributed by atoms with Gasteiger partial charge in [-0.2, -0.15) is 0 Å². The number of carbonyl (C=O) groups is 1. The van der Waals surface area contributed by atoms with Gasteiger partial charge in [0.1, 0.15) is 5.69 Å². The number of rotatable bonds is 5. The fourth-order valence-electron chi connectivity index (χ4n) is 1.32. The predicted octanol–water partition coefficient (Wildman–Crippen LogP) is 1.45. The topological polar surface area (TPSA) is 47.8 Å². The summed E-state index contributed by atoms with van der Waals surface area (Å²) in [5.41, 5.74) is 1.47. The van der Waals surface area contributed by atoms with Gasteiger partial charge in [0.25, 0.3) is 0 Å². The molecule has 1 aromatic heterocycles. The molecule has 1 heterocycles. The van der Waals surface area contributed by atoms with Gasteiger partial charge < -0.3 is 0 Å². The van der Waals surface area contributed by atoms with Gasteiger partial charge in [-0.1, -0.05) is 25.5 Å². The smallest absolute Gasteiger partial charge is 0.172 e. The van der Waals surface area contributed by atoms with Crippen LogP contribution in [0.2, 0.25) is 0 Å². The molecule has 0 amide bonds. The Morgan fingerprint density at radius 3 is 2.69 bits per heavy atom. The van der Waals surface area contributed by atoms with E-state index >= 15 is 0 Å². The Labute approximate surface area is 77.9 Å². The van der Waals surface area contributed by atoms with Crippen LogP contribution in [0.1, 0.15) is 42.9 Å². The van der Waals surface area contributed by atoms with E-state index in [0.29, 0.717) is 5.69 Å². The van der Waals surface area contributed by atoms with Crippen LogP contribution in [-0.4, -0.2) is 21.3 Å². The monoisotopic (exact) mass is 181 g/mol. The van der Waals surface area contributed by atoms with E-state index < -0.39 is 0 Å². The van der Waals surface area contributed by atoms with Crippen molar-refractivity contribution >= 4 is 6.29 Å². The number of nitrogens with zero attached hydrogens (tertiary/aromatic N) is 3. The van der Waals surface area contributed by atoms with Gasteiger partial charge in [0.15, 0.2) is 6.29 Å². The summed E-state index contributed by atoms with van der Waals surface area (Å²) >= 11 is 0. The van der Waals surface area contributed by atoms with Crippen LogP contribution in [-0.2, 0) is 13.0 Å². The van der Waals surface area contributed by atoms with Gasteiger partial charge in [0.2, 0.25) is 0 Å². The average molecular weight is 181 g/mol. The first kappa shape index (κ1) is 9.89. The molecule has 72 valence electrons. The summed E-state index contributed by atoms with van der Waals surface area (Å²) in [4.78, 5) is 10.6. The van der Waals surface area contributed by atoms with Crippen LogP contribution in [0, 0.1) is 0 Å². The van der Waals surface area contributed by atoms with Crippen molar-refractivity contribution in [1.82, 2.24) is 15.0 Å². The van der Waals surface area contributed by atoms with Crippen molar-refractivity contribution in [1.29, 1.82) is 0 Å². The fraction of sp³-hybridized carbons (Fsp3) is 0.667. The molecular formula is C9H15N3O. The minimum Gasteiger partial charge on any atom is -0.296 e. The summed E-state index contributed by atoms with van der Waals surface area (Å²) in [6, 6.07) is 0. The number of aromatic nitrogens is 3. The molecule has 0 saturated carbocycles. The summed E-state index contributed by atoms with van der Waals surface area (Å²) < 4.78 is 1.83. The third-order valence-electron chi connectivity index (χ3n) is 1.90. The van der Waals surface area contributed by atoms with E-state index in [9.17, 15) is 4.79 Å². The summed E-state index contributed by atoms with van der Waals surface area (Å²) in [6.07, 6.45) is 3.68. The molecule has 0 aliphatic carbocycles. The van der Waals surface area contributed by atoms with E-state index in [-0.39, 0.29) is 0 Å². The SMILES string of the molecule is CCCc1c(C=O)nnn1CCC. The Morgan fingerprint density at radius 2 is 2.15 bits per heavy atom. The maximum absolute atomic E-state index is 10.6. The normalized spacial score (nSPS) is 10.3. The summed E-state index contributed by atoms with van der Waals surface area (Å²) in [7, 11) is 0. The third kappa shape index (κ3) is 2.14. The van der Waals surface area contributed by atoms with Gasteiger partial charge in [0, 0.05) is 6.54 Å². The zero-order valence-electron chi connectivity index (χ0n) is 8.16. The quantitative estimate of drug-likeness (QED) is 0.646. The van der Waals surface area contributed by atoms with Gasteiger partial charge in [0.05, 0.1) is 5.69 Å². The second-order valence-corrected chi connectivity index (χ2v) is 3.01. The highest BCUT2D eigenvalue weighted by atomic mass is 16.1. The molecule has 13 heavy (non-hydrogen) atoms. The van der Waals surface area contributed by atoms with Gasteiger partial charge in [-0.05, 0) is 12.8 Å². The first-order valence-electron chi connectivity index (χ1n) is 4.71. The minimum absolute atomic E-state index is 0.496. The Bertz CT molecular complexity index is 280. The van der Waals surface area contributed by atoms with E-state index in [1.807, 2.05) is 4.68 Å². The lowest BCUT2D eigenvalue weighted by atomic mass is 10.2. The Hall–Kier alpha value is -1.19. The highest BCUT2D eigenvalue weighted by Crippen LogP contribution is 2.06. The molecule has 0 atom stereocenters. The summed E-state index contributed by atoms with van der Waals surface area (Å²) in [5.74, 6) is 0. The van der Waals surface area contributed by atoms with Crippen molar-refractivity contribution in [3.05, 3.63) is 11.4 Å². The molecule has 0 radical (unpaired) electrons. The average Bonchev–Trinajstić information content (AvgIpc) is 2.50. The van der Waals surface area contributed by atoms with Crippen LogP contribution < -0.4 is 0 Å². The van der Waals surface area contributed by atoms with Crippen molar-refractivity contribution < 1.29 is 4.79 Å². The molecule has 1 rings (SSSR count). The van der Waals surface area contributed by atoms with Crippen molar-refractivity contribution in [2.24, 2.45) is 0 Å². The third-order valence-corrected chi connectivity index (χ3v) is 1.90. The molecule has 0 aromatic carbocycles. The first-order valence-corrected chi connectivity index (χ1v) is 4.71. The molecule has 0 N–H and O–H groups in total. The van der Waals surface area contributed by atoms with Crippen LogP contribution in [0.15, 0.2) is 0 Å². The second-order valence-electron chi connectivity index (χ2n) is 3.01. The van der Waals surface area contributed by atoms with Crippen LogP contribution >= 0.6 is 0 Å². The fourth-order valence-corrected chi connectivity index (χ4v) is 1.32. The molecule has 0 bridgehead atoms. The van der Waals surface area contributed by atoms with Crippen LogP contribution in [0.25, 0.3) is 0 Å². The van der Waals surface area contributed by atoms with Crippen molar-refractivity contribution in [2.75, 3.05) is 0 Å². The van der Waals surface area contributed by atoms with E-state index in [1.54, 1.807) is 0 Å². The maximum Gasteiger partial charge on any atom is 0.172 e. The molecule has 1 aromatic rings. The Balaban J connectivity index is 2.91. The molecule has 0 unspecified atom stereocenters. The lowest BCUT2D eigenvalue weighted by Gasteiger charge is -2.02. The minimum atomic E-state index is 0.496. The number of hydrogen-bond acceptors (Lipinski definition) is 3. The van der Waals surface area contributed by atoms with Crippen LogP contribution in [0.4, 0.5) is 0 Å². The Morgan fingerprint density at radius 1 is 1.38 bits per heavy atom. The lowest BCUT2D eigenvalue weighted by molar-refractivity contribution is 0.111.